The second-order valence-corrected chi connectivity index (χ2v) is 1.96. The highest BCUT2D eigenvalue weighted by Crippen LogP contribution is 1.84. The second kappa shape index (κ2) is 2.53. The highest BCUT2D eigenvalue weighted by Gasteiger charge is 2.02. The molecule has 0 saturated heterocycles. The highest BCUT2D eigenvalue weighted by atomic mass is 16.1. The minimum Gasteiger partial charge on any atom is -0.364 e. The van der Waals surface area contributed by atoms with Crippen LogP contribution in [-0.2, 0) is 7.05 Å². The molecule has 0 bridgehead atoms. The van der Waals surface area contributed by atoms with Crippen molar-refractivity contribution in [1.82, 2.24) is 9.78 Å². The van der Waals surface area contributed by atoms with Crippen LogP contribution < -0.4 is 11.3 Å². The van der Waals surface area contributed by atoms with Crippen molar-refractivity contribution in [1.29, 1.82) is 0 Å². The molecule has 0 unspecified atom stereocenters. The van der Waals surface area contributed by atoms with Crippen LogP contribution >= 0.6 is 0 Å². The quantitative estimate of drug-likeness (QED) is 0.542. The van der Waals surface area contributed by atoms with Gasteiger partial charge in [0.05, 0.1) is 0 Å². The lowest BCUT2D eigenvalue weighted by atomic mass is 10.4. The first kappa shape index (κ1) is 7.46. The van der Waals surface area contributed by atoms with E-state index in [2.05, 4.69) is 11.2 Å². The summed E-state index contributed by atoms with van der Waals surface area (Å²) in [6.45, 7) is 0. The normalized spacial score (nSPS) is 9.55. The molecule has 1 rings (SSSR count). The van der Waals surface area contributed by atoms with E-state index in [9.17, 15) is 9.59 Å². The highest BCUT2D eigenvalue weighted by molar-refractivity contribution is 5.90. The third kappa shape index (κ3) is 1.43. The van der Waals surface area contributed by atoms with Gasteiger partial charge in [0.1, 0.15) is 0 Å². The monoisotopic (exact) mass is 152 g/mol. The van der Waals surface area contributed by atoms with Crippen LogP contribution in [0.4, 0.5) is 0 Å². The van der Waals surface area contributed by atoms with Crippen LogP contribution in [0.3, 0.4) is 0 Å². The molecule has 57 valence electrons. The van der Waals surface area contributed by atoms with Gasteiger partial charge in [0, 0.05) is 19.2 Å². The number of aromatic nitrogens is 2. The fourth-order valence-electron chi connectivity index (χ4n) is 0.572. The van der Waals surface area contributed by atoms with Gasteiger partial charge in [0.2, 0.25) is 0 Å². The maximum atomic E-state index is 10.7. The van der Waals surface area contributed by atoms with Gasteiger partial charge in [-0.15, -0.1) is 0 Å². The van der Waals surface area contributed by atoms with E-state index in [-0.39, 0.29) is 11.3 Å². The SMILES string of the molecule is Cn1nc(C(N)=O)[c]cc1=O. The van der Waals surface area contributed by atoms with Crippen molar-refractivity contribution in [2.24, 2.45) is 12.8 Å². The van der Waals surface area contributed by atoms with Gasteiger partial charge in [-0.05, 0) is 0 Å². The molecule has 0 aliphatic rings. The largest absolute Gasteiger partial charge is 0.364 e. The summed E-state index contributed by atoms with van der Waals surface area (Å²) >= 11 is 0. The Morgan fingerprint density at radius 3 is 2.91 bits per heavy atom. The molecule has 0 spiro atoms. The van der Waals surface area contributed by atoms with E-state index in [1.54, 1.807) is 0 Å². The first-order valence-electron chi connectivity index (χ1n) is 2.87. The van der Waals surface area contributed by atoms with Crippen LogP contribution in [0.25, 0.3) is 0 Å². The zero-order chi connectivity index (χ0) is 8.43. The number of nitrogens with two attached hydrogens (primary N) is 1. The zero-order valence-corrected chi connectivity index (χ0v) is 5.87. The van der Waals surface area contributed by atoms with Crippen LogP contribution in [0.1, 0.15) is 10.5 Å². The van der Waals surface area contributed by atoms with E-state index < -0.39 is 5.91 Å². The predicted octanol–water partition coefficient (Wildman–Crippen LogP) is -1.32. The molecule has 0 aliphatic heterocycles. The van der Waals surface area contributed by atoms with Crippen LogP contribution in [0.15, 0.2) is 10.9 Å². The Kier molecular flexibility index (Phi) is 1.72. The van der Waals surface area contributed by atoms with E-state index in [4.69, 9.17) is 5.73 Å². The van der Waals surface area contributed by atoms with Crippen molar-refractivity contribution >= 4 is 5.91 Å². The summed E-state index contributed by atoms with van der Waals surface area (Å²) in [5.74, 6) is -0.694. The Labute approximate surface area is 62.4 Å². The van der Waals surface area contributed by atoms with Crippen molar-refractivity contribution in [3.8, 4) is 0 Å². The van der Waals surface area contributed by atoms with E-state index >= 15 is 0 Å². The summed E-state index contributed by atoms with van der Waals surface area (Å²) in [5, 5.41) is 3.55. The average Bonchev–Trinajstić information content (AvgIpc) is 1.94. The Morgan fingerprint density at radius 2 is 2.45 bits per heavy atom. The lowest BCUT2D eigenvalue weighted by Gasteiger charge is -1.95. The van der Waals surface area contributed by atoms with Gasteiger partial charge in [0.25, 0.3) is 11.5 Å². The molecule has 0 fully saturated rings. The zero-order valence-electron chi connectivity index (χ0n) is 5.87. The number of hydrogen-bond acceptors (Lipinski definition) is 3. The molecule has 0 aliphatic carbocycles. The average molecular weight is 152 g/mol. The number of hydrogen-bond donors (Lipinski definition) is 1. The fraction of sp³-hybridized carbons (Fsp3) is 0.167. The minimum absolute atomic E-state index is 0.0351. The summed E-state index contributed by atoms with van der Waals surface area (Å²) in [6, 6.07) is 3.48. The number of carbonyl (C=O) groups is 1. The van der Waals surface area contributed by atoms with Crippen LogP contribution in [0.2, 0.25) is 0 Å². The van der Waals surface area contributed by atoms with Crippen molar-refractivity contribution in [2.75, 3.05) is 0 Å². The Morgan fingerprint density at radius 1 is 1.82 bits per heavy atom. The molecule has 1 amide bonds. The molecular formula is C6H6N3O2. The van der Waals surface area contributed by atoms with Gasteiger partial charge in [0.15, 0.2) is 5.69 Å². The number of amides is 1. The first-order chi connectivity index (χ1) is 5.11. The van der Waals surface area contributed by atoms with Crippen molar-refractivity contribution in [3.63, 3.8) is 0 Å². The Balaban J connectivity index is 3.26. The van der Waals surface area contributed by atoms with Crippen LogP contribution in [-0.4, -0.2) is 15.7 Å². The molecule has 5 heteroatoms. The smallest absolute Gasteiger partial charge is 0.269 e. The molecule has 1 radical (unpaired) electrons. The second-order valence-electron chi connectivity index (χ2n) is 1.96. The molecule has 1 aromatic heterocycles. The number of nitrogens with zero attached hydrogens (tertiary/aromatic N) is 2. The summed E-state index contributed by atoms with van der Waals surface area (Å²) < 4.78 is 1.02. The first-order valence-corrected chi connectivity index (χ1v) is 2.87. The topological polar surface area (TPSA) is 78.0 Å². The Bertz CT molecular complexity index is 342. The van der Waals surface area contributed by atoms with Gasteiger partial charge in [-0.2, -0.15) is 5.10 Å². The molecule has 5 nitrogen and oxygen atoms in total. The summed E-state index contributed by atoms with van der Waals surface area (Å²) in [6.07, 6.45) is 0. The van der Waals surface area contributed by atoms with Gasteiger partial charge in [-0.1, -0.05) is 0 Å². The van der Waals surface area contributed by atoms with Gasteiger partial charge in [-0.3, -0.25) is 9.59 Å². The van der Waals surface area contributed by atoms with Crippen molar-refractivity contribution in [3.05, 3.63) is 28.2 Å². The molecule has 0 aromatic carbocycles. The number of rotatable bonds is 1. The molecule has 1 aromatic rings. The van der Waals surface area contributed by atoms with Crippen LogP contribution in [0, 0.1) is 6.07 Å². The van der Waals surface area contributed by atoms with Crippen LogP contribution in [0.5, 0.6) is 0 Å². The maximum Gasteiger partial charge on any atom is 0.269 e. The Hall–Kier alpha value is -1.65. The molecule has 11 heavy (non-hydrogen) atoms. The minimum atomic E-state index is -0.694. The third-order valence-corrected chi connectivity index (χ3v) is 1.13. The molecule has 0 atom stereocenters. The number of aryl methyl sites for hydroxylation is 1. The van der Waals surface area contributed by atoms with E-state index in [0.29, 0.717) is 0 Å². The maximum absolute atomic E-state index is 10.7. The van der Waals surface area contributed by atoms with E-state index in [1.165, 1.54) is 7.05 Å². The third-order valence-electron chi connectivity index (χ3n) is 1.13. The summed E-state index contributed by atoms with van der Waals surface area (Å²) in [5.41, 5.74) is 4.53. The summed E-state index contributed by atoms with van der Waals surface area (Å²) in [7, 11) is 1.43. The fourth-order valence-corrected chi connectivity index (χ4v) is 0.572. The molecular weight excluding hydrogens is 146 g/mol. The van der Waals surface area contributed by atoms with Crippen molar-refractivity contribution in [2.45, 2.75) is 0 Å². The van der Waals surface area contributed by atoms with Gasteiger partial charge >= 0.3 is 0 Å². The van der Waals surface area contributed by atoms with Gasteiger partial charge < -0.3 is 5.73 Å². The molecule has 0 saturated carbocycles. The lowest BCUT2D eigenvalue weighted by molar-refractivity contribution is 0.0993. The number of carbonyl (C=O) groups excluding carboxylic acids is 1. The molecule has 2 N–H and O–H groups in total. The van der Waals surface area contributed by atoms with Crippen molar-refractivity contribution < 1.29 is 4.79 Å². The van der Waals surface area contributed by atoms with E-state index in [0.717, 1.165) is 10.7 Å². The molecule has 1 heterocycles. The predicted molar refractivity (Wildman–Crippen MR) is 36.8 cm³/mol. The number of primary amides is 1. The standard InChI is InChI=1S/C6H6N3O2/c1-9-5(10)3-2-4(8-9)6(7)11/h3H,1H3,(H2,7,11). The van der Waals surface area contributed by atoms with Gasteiger partial charge in [-0.25, -0.2) is 4.68 Å². The lowest BCUT2D eigenvalue weighted by Crippen LogP contribution is -2.23. The summed E-state index contributed by atoms with van der Waals surface area (Å²) in [4.78, 5) is 21.2. The van der Waals surface area contributed by atoms with E-state index in [1.807, 2.05) is 0 Å².